The van der Waals surface area contributed by atoms with Crippen LogP contribution in [0.15, 0.2) is 107 Å². The van der Waals surface area contributed by atoms with E-state index in [1.807, 2.05) is 93.6 Å². The zero-order valence-electron chi connectivity index (χ0n) is 36.2. The highest BCUT2D eigenvalue weighted by atomic mass is 35.5. The first-order valence-corrected chi connectivity index (χ1v) is 21.5. The highest BCUT2D eigenvalue weighted by molar-refractivity contribution is 6.20. The number of amides is 5. The molecule has 332 valence electrons. The van der Waals surface area contributed by atoms with Crippen molar-refractivity contribution in [3.8, 4) is 23.0 Å². The summed E-state index contributed by atoms with van der Waals surface area (Å²) in [5.74, 6) is 0.313. The number of benzene rings is 4. The number of rotatable bonds is 14. The summed E-state index contributed by atoms with van der Waals surface area (Å²) in [5, 5.41) is 31.2. The van der Waals surface area contributed by atoms with Crippen LogP contribution in [-0.4, -0.2) is 64.6 Å². The molecule has 15 heteroatoms. The number of hydrogen-bond acceptors (Lipinski definition) is 9. The fourth-order valence-electron chi connectivity index (χ4n) is 7.62. The van der Waals surface area contributed by atoms with Gasteiger partial charge in [0.25, 0.3) is 5.91 Å². The number of nitrogens with one attached hydrogen (secondary N) is 4. The van der Waals surface area contributed by atoms with Gasteiger partial charge in [0, 0.05) is 35.5 Å². The summed E-state index contributed by atoms with van der Waals surface area (Å²) in [6.45, 7) is 13.3. The van der Waals surface area contributed by atoms with Gasteiger partial charge in [-0.25, -0.2) is 14.4 Å². The molecule has 63 heavy (non-hydrogen) atoms. The number of halogens is 1. The number of urea groups is 2. The smallest absolute Gasteiger partial charge is 0.338 e. The molecule has 14 nitrogen and oxygen atoms in total. The van der Waals surface area contributed by atoms with Crippen LogP contribution in [-0.2, 0) is 27.5 Å². The van der Waals surface area contributed by atoms with E-state index in [1.54, 1.807) is 17.9 Å². The maximum atomic E-state index is 13.1. The number of allylic oxidation sites excluding steroid dienone is 1. The highest BCUT2D eigenvalue weighted by Crippen LogP contribution is 2.42. The van der Waals surface area contributed by atoms with Crippen LogP contribution in [0.5, 0.6) is 23.0 Å². The van der Waals surface area contributed by atoms with Gasteiger partial charge in [0.05, 0.1) is 48.0 Å². The van der Waals surface area contributed by atoms with Gasteiger partial charge in [0.2, 0.25) is 0 Å². The molecule has 4 aromatic rings. The number of phenolic OH excluding ortho intramolecular Hbond substituents is 2. The van der Waals surface area contributed by atoms with Crippen LogP contribution in [0.2, 0.25) is 0 Å². The fourth-order valence-corrected chi connectivity index (χ4v) is 7.83. The number of nitrogens with zero attached hydrogens (tertiary/aromatic N) is 1. The van der Waals surface area contributed by atoms with Crippen molar-refractivity contribution in [2.24, 2.45) is 0 Å². The Bertz CT molecular complexity index is 2400. The van der Waals surface area contributed by atoms with E-state index in [2.05, 4.69) is 35.1 Å². The number of alkyl halides is 1. The van der Waals surface area contributed by atoms with Crippen molar-refractivity contribution in [2.45, 2.75) is 78.7 Å². The van der Waals surface area contributed by atoms with Crippen LogP contribution in [0.4, 0.5) is 9.59 Å². The van der Waals surface area contributed by atoms with Crippen molar-refractivity contribution in [3.63, 3.8) is 0 Å². The highest BCUT2D eigenvalue weighted by Gasteiger charge is 2.41. The monoisotopic (exact) mass is 879 g/mol. The van der Waals surface area contributed by atoms with Crippen LogP contribution in [0, 0.1) is 0 Å². The molecule has 0 saturated heterocycles. The Balaban J connectivity index is 0.000000235. The molecular weight excluding hydrogens is 826 g/mol. The fraction of sp³-hybridized carbons (Fsp3) is 0.333. The van der Waals surface area contributed by atoms with Gasteiger partial charge >= 0.3 is 18.0 Å². The second-order valence-corrected chi connectivity index (χ2v) is 16.0. The molecular formula is C48H54ClN5O9. The largest absolute Gasteiger partial charge is 0.508 e. The van der Waals surface area contributed by atoms with Crippen molar-refractivity contribution >= 4 is 35.5 Å². The molecule has 0 bridgehead atoms. The Kier molecular flexibility index (Phi) is 14.9. The van der Waals surface area contributed by atoms with Crippen LogP contribution in [0.25, 0.3) is 0 Å². The average molecular weight is 880 g/mol. The van der Waals surface area contributed by atoms with Gasteiger partial charge < -0.3 is 50.6 Å². The lowest BCUT2D eigenvalue weighted by atomic mass is 9.90. The number of ether oxygens (including phenoxy) is 3. The molecule has 0 spiro atoms. The molecule has 0 aromatic heterocycles. The quantitative estimate of drug-likeness (QED) is 0.0538. The minimum absolute atomic E-state index is 0.00588. The second-order valence-electron chi connectivity index (χ2n) is 15.8. The molecule has 7 rings (SSSR count). The number of hydrogen-bond donors (Lipinski definition) is 6. The third kappa shape index (κ3) is 10.5. The van der Waals surface area contributed by atoms with Gasteiger partial charge in [0.1, 0.15) is 36.2 Å². The first kappa shape index (κ1) is 45.8. The lowest BCUT2D eigenvalue weighted by Gasteiger charge is -2.31. The van der Waals surface area contributed by atoms with E-state index in [4.69, 9.17) is 25.8 Å². The van der Waals surface area contributed by atoms with Crippen molar-refractivity contribution in [3.05, 3.63) is 141 Å². The van der Waals surface area contributed by atoms with Gasteiger partial charge in [-0.15, -0.1) is 11.6 Å². The molecule has 3 aliphatic rings. The minimum atomic E-state index is -0.835. The Morgan fingerprint density at radius 2 is 1.32 bits per heavy atom. The van der Waals surface area contributed by atoms with Crippen LogP contribution in [0.3, 0.4) is 0 Å². The van der Waals surface area contributed by atoms with E-state index in [0.717, 1.165) is 16.7 Å². The van der Waals surface area contributed by atoms with Gasteiger partial charge in [0.15, 0.2) is 0 Å². The second kappa shape index (κ2) is 20.5. The molecule has 0 radical (unpaired) electrons. The summed E-state index contributed by atoms with van der Waals surface area (Å²) in [6.07, 6.45) is 0. The molecule has 6 N–H and O–H groups in total. The number of esters is 1. The lowest BCUT2D eigenvalue weighted by Crippen LogP contribution is -2.46. The zero-order chi connectivity index (χ0) is 45.4. The predicted molar refractivity (Wildman–Crippen MR) is 238 cm³/mol. The third-order valence-electron chi connectivity index (χ3n) is 10.8. The first-order chi connectivity index (χ1) is 30.2. The van der Waals surface area contributed by atoms with Gasteiger partial charge in [-0.1, -0.05) is 88.4 Å². The molecule has 2 atom stereocenters. The summed E-state index contributed by atoms with van der Waals surface area (Å²) >= 11 is 6.17. The van der Waals surface area contributed by atoms with E-state index in [-0.39, 0.29) is 53.9 Å². The first-order valence-electron chi connectivity index (χ1n) is 20.9. The van der Waals surface area contributed by atoms with Crippen LogP contribution < -0.4 is 30.7 Å². The van der Waals surface area contributed by atoms with E-state index >= 15 is 0 Å². The average Bonchev–Trinajstić information content (AvgIpc) is 3.59. The Morgan fingerprint density at radius 3 is 1.89 bits per heavy atom. The summed E-state index contributed by atoms with van der Waals surface area (Å²) in [6, 6.07) is 23.9. The van der Waals surface area contributed by atoms with Crippen LogP contribution >= 0.6 is 11.6 Å². The molecule has 5 amide bonds. The van der Waals surface area contributed by atoms with E-state index < -0.39 is 30.1 Å². The summed E-state index contributed by atoms with van der Waals surface area (Å²) in [7, 11) is 0. The summed E-state index contributed by atoms with van der Waals surface area (Å²) in [5.41, 5.74) is 6.13. The molecule has 0 aliphatic carbocycles. The maximum absolute atomic E-state index is 13.1. The molecule has 3 heterocycles. The minimum Gasteiger partial charge on any atom is -0.508 e. The number of likely N-dealkylation sites (N-methyl/N-ethyl adjacent to an activating group) is 1. The van der Waals surface area contributed by atoms with Gasteiger partial charge in [-0.3, -0.25) is 4.79 Å². The maximum Gasteiger partial charge on any atom is 0.338 e. The Morgan fingerprint density at radius 1 is 0.746 bits per heavy atom. The van der Waals surface area contributed by atoms with Crippen molar-refractivity contribution in [2.75, 3.05) is 25.6 Å². The zero-order valence-corrected chi connectivity index (χ0v) is 37.0. The van der Waals surface area contributed by atoms with Gasteiger partial charge in [-0.2, -0.15) is 0 Å². The number of phenols is 2. The number of aromatic hydroxyl groups is 2. The van der Waals surface area contributed by atoms with Crippen molar-refractivity contribution in [1.29, 1.82) is 0 Å². The lowest BCUT2D eigenvalue weighted by molar-refractivity contribution is -0.139. The molecule has 3 aliphatic heterocycles. The summed E-state index contributed by atoms with van der Waals surface area (Å²) < 4.78 is 18.0. The van der Waals surface area contributed by atoms with E-state index in [0.29, 0.717) is 64.9 Å². The van der Waals surface area contributed by atoms with Gasteiger partial charge in [-0.05, 0) is 60.1 Å². The molecule has 0 saturated carbocycles. The van der Waals surface area contributed by atoms with Crippen molar-refractivity contribution in [1.82, 2.24) is 26.2 Å². The van der Waals surface area contributed by atoms with E-state index in [1.165, 1.54) is 6.07 Å². The topological polar surface area (TPSA) is 188 Å². The van der Waals surface area contributed by atoms with Crippen molar-refractivity contribution < 1.29 is 43.6 Å². The molecule has 2 unspecified atom stereocenters. The molecule has 0 fully saturated rings. The third-order valence-corrected chi connectivity index (χ3v) is 11.1. The normalized spacial score (nSPS) is 17.0. The molecule has 4 aromatic carbocycles. The van der Waals surface area contributed by atoms with E-state index in [9.17, 15) is 29.4 Å². The predicted octanol–water partition coefficient (Wildman–Crippen LogP) is 8.07. The van der Waals surface area contributed by atoms with Crippen LogP contribution in [0.1, 0.15) is 98.8 Å². The summed E-state index contributed by atoms with van der Waals surface area (Å²) in [4.78, 5) is 51.9. The SMILES string of the molecule is CCN1CC2=C(C1=O)C(c1cc(C(C)C)c(O)cc1O)NC(=O)N2.CCOC(=O)C1=C(CCl)NC(=O)NC1c1cc(C(C)C)c(OCc2ccccc2)cc1OCc1ccccc1. The standard InChI is InChI=1S/C31H33ClN2O5.C17H21N3O4/c1-4-37-30(35)28-25(17-32)33-31(36)34-29(28)24-15-23(20(2)3)26(38-18-21-11-7-5-8-12-21)16-27(24)39-19-22-13-9-6-10-14-22;1-4-20-7-11-14(16(20)23)15(19-17(24)18-11)10-5-9(8(2)3)12(21)6-13(10)22/h5-16,20,29H,4,17-19H2,1-3H3,(H2,33,34,36);5-6,8,15,21-22H,4,7H2,1-3H3,(H2,18,19,24). The Labute approximate surface area is 372 Å². The number of carbonyl (C=O) groups is 4. The number of carbonyl (C=O) groups excluding carboxylic acids is 4. The Hall–Kier alpha value is -6.67.